The third-order valence-corrected chi connectivity index (χ3v) is 7.34. The molecule has 3 rings (SSSR count). The van der Waals surface area contributed by atoms with Crippen molar-refractivity contribution in [2.24, 2.45) is 0 Å². The van der Waals surface area contributed by atoms with E-state index in [1.165, 1.54) is 20.2 Å². The predicted molar refractivity (Wildman–Crippen MR) is 105 cm³/mol. The first-order valence-electron chi connectivity index (χ1n) is 7.88. The van der Waals surface area contributed by atoms with Crippen LogP contribution < -0.4 is 5.32 Å². The SMILES string of the molecule is CN(C)S(=O)(=O)c1ccc(CNC(=O)c2cc(-c3cccc(Cl)c3)n[nH]2)s1. The first kappa shape index (κ1) is 19.6. The number of carbonyl (C=O) groups excluding carboxylic acids is 1. The Kier molecular flexibility index (Phi) is 5.66. The molecule has 1 amide bonds. The zero-order valence-corrected chi connectivity index (χ0v) is 17.0. The van der Waals surface area contributed by atoms with Crippen molar-refractivity contribution in [3.8, 4) is 11.3 Å². The molecule has 27 heavy (non-hydrogen) atoms. The van der Waals surface area contributed by atoms with Gasteiger partial charge in [0.15, 0.2) is 0 Å². The molecule has 0 saturated carbocycles. The molecule has 0 fully saturated rings. The molecule has 2 N–H and O–H groups in total. The molecule has 142 valence electrons. The number of hydrogen-bond donors (Lipinski definition) is 2. The van der Waals surface area contributed by atoms with Crippen molar-refractivity contribution >= 4 is 38.9 Å². The zero-order valence-electron chi connectivity index (χ0n) is 14.6. The highest BCUT2D eigenvalue weighted by Gasteiger charge is 2.20. The maximum atomic E-state index is 12.3. The number of amides is 1. The number of nitrogens with one attached hydrogen (secondary N) is 2. The molecule has 0 unspecified atom stereocenters. The summed E-state index contributed by atoms with van der Waals surface area (Å²) in [6.45, 7) is 0.220. The average Bonchev–Trinajstić information content (AvgIpc) is 3.29. The number of carbonyl (C=O) groups is 1. The van der Waals surface area contributed by atoms with Crippen molar-refractivity contribution in [1.82, 2.24) is 19.8 Å². The second kappa shape index (κ2) is 7.81. The Bertz CT molecular complexity index is 1070. The molecule has 2 heterocycles. The summed E-state index contributed by atoms with van der Waals surface area (Å²) in [7, 11) is -0.509. The molecule has 3 aromatic rings. The van der Waals surface area contributed by atoms with Gasteiger partial charge in [-0.1, -0.05) is 23.7 Å². The van der Waals surface area contributed by atoms with E-state index in [2.05, 4.69) is 15.5 Å². The summed E-state index contributed by atoms with van der Waals surface area (Å²) < 4.78 is 25.6. The summed E-state index contributed by atoms with van der Waals surface area (Å²) in [4.78, 5) is 13.0. The first-order valence-corrected chi connectivity index (χ1v) is 10.5. The lowest BCUT2D eigenvalue weighted by Gasteiger charge is -2.08. The van der Waals surface area contributed by atoms with Crippen molar-refractivity contribution < 1.29 is 13.2 Å². The van der Waals surface area contributed by atoms with Crippen LogP contribution in [0.3, 0.4) is 0 Å². The Morgan fingerprint density at radius 1 is 1.26 bits per heavy atom. The van der Waals surface area contributed by atoms with E-state index in [1.807, 2.05) is 12.1 Å². The predicted octanol–water partition coefficient (Wildman–Crippen LogP) is 2.97. The van der Waals surface area contributed by atoms with E-state index < -0.39 is 10.0 Å². The van der Waals surface area contributed by atoms with Crippen molar-refractivity contribution in [1.29, 1.82) is 0 Å². The molecule has 1 aromatic carbocycles. The van der Waals surface area contributed by atoms with Crippen LogP contribution in [0.15, 0.2) is 46.7 Å². The van der Waals surface area contributed by atoms with Gasteiger partial charge in [0.25, 0.3) is 15.9 Å². The van der Waals surface area contributed by atoms with Gasteiger partial charge in [-0.2, -0.15) is 5.10 Å². The molecule has 0 atom stereocenters. The number of benzene rings is 1. The molecule has 7 nitrogen and oxygen atoms in total. The molecule has 10 heteroatoms. The monoisotopic (exact) mass is 424 g/mol. The van der Waals surface area contributed by atoms with Gasteiger partial charge in [0.05, 0.1) is 12.2 Å². The number of nitrogens with zero attached hydrogens (tertiary/aromatic N) is 2. The number of halogens is 1. The maximum Gasteiger partial charge on any atom is 0.269 e. The molecule has 2 aromatic heterocycles. The fraction of sp³-hybridized carbons (Fsp3) is 0.176. The Morgan fingerprint density at radius 3 is 2.74 bits per heavy atom. The third-order valence-electron chi connectivity index (χ3n) is 3.74. The van der Waals surface area contributed by atoms with E-state index in [-0.39, 0.29) is 16.7 Å². The fourth-order valence-corrected chi connectivity index (χ4v) is 4.92. The molecule has 0 radical (unpaired) electrons. The van der Waals surface area contributed by atoms with Crippen molar-refractivity contribution in [3.05, 3.63) is 58.1 Å². The van der Waals surface area contributed by atoms with Crippen LogP contribution in [0.2, 0.25) is 5.02 Å². The lowest BCUT2D eigenvalue weighted by Crippen LogP contribution is -2.22. The van der Waals surface area contributed by atoms with Gasteiger partial charge in [-0.05, 0) is 30.3 Å². The van der Waals surface area contributed by atoms with E-state index in [4.69, 9.17) is 11.6 Å². The van der Waals surface area contributed by atoms with E-state index in [9.17, 15) is 13.2 Å². The highest BCUT2D eigenvalue weighted by atomic mass is 35.5. The molecule has 0 bridgehead atoms. The van der Waals surface area contributed by atoms with E-state index in [1.54, 1.807) is 24.3 Å². The second-order valence-electron chi connectivity index (χ2n) is 5.87. The second-order valence-corrected chi connectivity index (χ2v) is 9.85. The van der Waals surface area contributed by atoms with Gasteiger partial charge in [0, 0.05) is 29.6 Å². The van der Waals surface area contributed by atoms with E-state index in [0.717, 1.165) is 26.1 Å². The number of aromatic nitrogens is 2. The van der Waals surface area contributed by atoms with Gasteiger partial charge in [0.2, 0.25) is 0 Å². The Balaban J connectivity index is 1.66. The van der Waals surface area contributed by atoms with E-state index >= 15 is 0 Å². The maximum absolute atomic E-state index is 12.3. The van der Waals surface area contributed by atoms with Gasteiger partial charge in [-0.15, -0.1) is 11.3 Å². The average molecular weight is 425 g/mol. The molecular weight excluding hydrogens is 408 g/mol. The molecule has 0 spiro atoms. The zero-order chi connectivity index (χ0) is 19.6. The van der Waals surface area contributed by atoms with Crippen LogP contribution in [-0.2, 0) is 16.6 Å². The summed E-state index contributed by atoms with van der Waals surface area (Å²) in [5, 5.41) is 10.2. The van der Waals surface area contributed by atoms with Crippen LogP contribution in [-0.4, -0.2) is 42.9 Å². The Hall–Kier alpha value is -2.20. The number of thiophene rings is 1. The summed E-state index contributed by atoms with van der Waals surface area (Å²) in [6.07, 6.45) is 0. The fourth-order valence-electron chi connectivity index (χ4n) is 2.27. The van der Waals surface area contributed by atoms with E-state index in [0.29, 0.717) is 16.4 Å². The minimum Gasteiger partial charge on any atom is -0.346 e. The van der Waals surface area contributed by atoms with Crippen LogP contribution in [0.5, 0.6) is 0 Å². The number of hydrogen-bond acceptors (Lipinski definition) is 5. The third kappa shape index (κ3) is 4.38. The summed E-state index contributed by atoms with van der Waals surface area (Å²) in [5.41, 5.74) is 1.72. The van der Waals surface area contributed by atoms with Crippen molar-refractivity contribution in [2.75, 3.05) is 14.1 Å². The first-order chi connectivity index (χ1) is 12.8. The Morgan fingerprint density at radius 2 is 2.04 bits per heavy atom. The highest BCUT2D eigenvalue weighted by Crippen LogP contribution is 2.24. The van der Waals surface area contributed by atoms with Gasteiger partial charge in [-0.25, -0.2) is 12.7 Å². The molecule has 0 saturated heterocycles. The van der Waals surface area contributed by atoms with Gasteiger partial charge >= 0.3 is 0 Å². The summed E-state index contributed by atoms with van der Waals surface area (Å²) >= 11 is 7.10. The number of H-pyrrole nitrogens is 1. The molecule has 0 aliphatic carbocycles. The topological polar surface area (TPSA) is 95.2 Å². The largest absolute Gasteiger partial charge is 0.346 e. The molecular formula is C17H17ClN4O3S2. The molecule has 0 aliphatic heterocycles. The van der Waals surface area contributed by atoms with Gasteiger partial charge < -0.3 is 5.32 Å². The van der Waals surface area contributed by atoms with Crippen molar-refractivity contribution in [3.63, 3.8) is 0 Å². The van der Waals surface area contributed by atoms with Crippen LogP contribution in [0.4, 0.5) is 0 Å². The number of sulfonamides is 1. The minimum atomic E-state index is -3.47. The van der Waals surface area contributed by atoms with Crippen LogP contribution >= 0.6 is 22.9 Å². The highest BCUT2D eigenvalue weighted by molar-refractivity contribution is 7.91. The Labute approximate surface area is 166 Å². The van der Waals surface area contributed by atoms with Crippen LogP contribution in [0, 0.1) is 0 Å². The number of aromatic amines is 1. The van der Waals surface area contributed by atoms with Crippen LogP contribution in [0.1, 0.15) is 15.4 Å². The smallest absolute Gasteiger partial charge is 0.269 e. The minimum absolute atomic E-state index is 0.220. The molecule has 0 aliphatic rings. The lowest BCUT2D eigenvalue weighted by molar-refractivity contribution is 0.0946. The number of rotatable bonds is 6. The van der Waals surface area contributed by atoms with Gasteiger partial charge in [0.1, 0.15) is 9.90 Å². The summed E-state index contributed by atoms with van der Waals surface area (Å²) in [5.74, 6) is -0.332. The van der Waals surface area contributed by atoms with Crippen molar-refractivity contribution in [2.45, 2.75) is 10.8 Å². The lowest BCUT2D eigenvalue weighted by atomic mass is 10.1. The summed E-state index contributed by atoms with van der Waals surface area (Å²) in [6, 6.07) is 12.0. The normalized spacial score (nSPS) is 11.7. The quantitative estimate of drug-likeness (QED) is 0.635. The van der Waals surface area contributed by atoms with Crippen LogP contribution in [0.25, 0.3) is 11.3 Å². The standard InChI is InChI=1S/C17H17ClN4O3S2/c1-22(2)27(24,25)16-7-6-13(26-16)10-19-17(23)15-9-14(20-21-15)11-4-3-5-12(18)8-11/h3-9H,10H2,1-2H3,(H,19,23)(H,20,21). The van der Waals surface area contributed by atoms with Gasteiger partial charge in [-0.3, -0.25) is 9.89 Å².